The molecular formula is C26H22FN3O3. The average Bonchev–Trinajstić information content (AvgIpc) is 3.00. The predicted molar refractivity (Wildman–Crippen MR) is 126 cm³/mol. The minimum atomic E-state index is -0.529. The summed E-state index contributed by atoms with van der Waals surface area (Å²) in [7, 11) is 0. The molecule has 166 valence electrons. The number of amides is 3. The second-order valence-electron chi connectivity index (χ2n) is 7.81. The molecule has 0 aliphatic carbocycles. The van der Waals surface area contributed by atoms with Crippen molar-refractivity contribution in [1.82, 2.24) is 0 Å². The monoisotopic (exact) mass is 443 g/mol. The highest BCUT2D eigenvalue weighted by Crippen LogP contribution is 2.36. The van der Waals surface area contributed by atoms with Gasteiger partial charge in [-0.05, 0) is 66.9 Å². The zero-order valence-electron chi connectivity index (χ0n) is 18.4. The molecule has 0 saturated carbocycles. The molecule has 2 N–H and O–H groups in total. The van der Waals surface area contributed by atoms with Gasteiger partial charge < -0.3 is 10.6 Å². The highest BCUT2D eigenvalue weighted by Gasteiger charge is 2.41. The number of aryl methyl sites for hydroxylation is 1. The van der Waals surface area contributed by atoms with Crippen molar-refractivity contribution in [2.45, 2.75) is 20.8 Å². The van der Waals surface area contributed by atoms with Gasteiger partial charge in [0.2, 0.25) is 5.91 Å². The highest BCUT2D eigenvalue weighted by atomic mass is 19.1. The number of imide groups is 1. The third kappa shape index (κ3) is 4.25. The fraction of sp³-hybridized carbons (Fsp3) is 0.115. The number of nitrogens with zero attached hydrogens (tertiary/aromatic N) is 1. The lowest BCUT2D eigenvalue weighted by Gasteiger charge is -2.19. The molecule has 6 nitrogen and oxygen atoms in total. The predicted octanol–water partition coefficient (Wildman–Crippen LogP) is 4.80. The summed E-state index contributed by atoms with van der Waals surface area (Å²) in [6.45, 7) is 5.16. The molecule has 3 aromatic rings. The van der Waals surface area contributed by atoms with Crippen LogP contribution in [0.2, 0.25) is 0 Å². The number of carbonyl (C=O) groups is 3. The van der Waals surface area contributed by atoms with E-state index in [1.54, 1.807) is 42.5 Å². The van der Waals surface area contributed by atoms with Gasteiger partial charge >= 0.3 is 0 Å². The number of halogens is 1. The van der Waals surface area contributed by atoms with Crippen molar-refractivity contribution in [2.24, 2.45) is 0 Å². The average molecular weight is 443 g/mol. The van der Waals surface area contributed by atoms with Crippen molar-refractivity contribution in [3.63, 3.8) is 0 Å². The molecule has 7 heteroatoms. The number of carbonyl (C=O) groups excluding carboxylic acids is 3. The fourth-order valence-electron chi connectivity index (χ4n) is 3.74. The molecule has 1 heterocycles. The molecule has 0 saturated heterocycles. The molecule has 0 spiro atoms. The van der Waals surface area contributed by atoms with E-state index in [9.17, 15) is 18.8 Å². The normalized spacial score (nSPS) is 13.5. The zero-order valence-corrected chi connectivity index (χ0v) is 18.4. The van der Waals surface area contributed by atoms with Crippen LogP contribution in [-0.4, -0.2) is 17.7 Å². The zero-order chi connectivity index (χ0) is 23.7. The first-order valence-electron chi connectivity index (χ1n) is 10.4. The molecule has 0 aromatic heterocycles. The van der Waals surface area contributed by atoms with Crippen molar-refractivity contribution in [3.8, 4) is 0 Å². The summed E-state index contributed by atoms with van der Waals surface area (Å²) < 4.78 is 13.8. The van der Waals surface area contributed by atoms with Crippen LogP contribution in [0.4, 0.5) is 21.5 Å². The van der Waals surface area contributed by atoms with Gasteiger partial charge in [0.15, 0.2) is 0 Å². The number of rotatable bonds is 5. The Balaban J connectivity index is 1.82. The molecule has 4 rings (SSSR count). The van der Waals surface area contributed by atoms with Gasteiger partial charge in [0, 0.05) is 18.3 Å². The number of anilines is 3. The quantitative estimate of drug-likeness (QED) is 0.556. The third-order valence-electron chi connectivity index (χ3n) is 5.49. The SMILES string of the molecule is CC(=O)Nc1ccc(C2=C(Nc3cccc(F)c3)C(=O)N(c3cccc(C)c3C)C2=O)cc1. The van der Waals surface area contributed by atoms with Crippen LogP contribution in [-0.2, 0) is 14.4 Å². The summed E-state index contributed by atoms with van der Waals surface area (Å²) in [5.41, 5.74) is 3.88. The summed E-state index contributed by atoms with van der Waals surface area (Å²) in [5, 5.41) is 5.62. The first-order valence-corrected chi connectivity index (χ1v) is 10.4. The number of nitrogens with one attached hydrogen (secondary N) is 2. The van der Waals surface area contributed by atoms with Gasteiger partial charge in [-0.15, -0.1) is 0 Å². The van der Waals surface area contributed by atoms with Crippen molar-refractivity contribution >= 4 is 40.4 Å². The van der Waals surface area contributed by atoms with Gasteiger partial charge in [0.05, 0.1) is 11.3 Å². The van der Waals surface area contributed by atoms with Gasteiger partial charge in [0.1, 0.15) is 11.5 Å². The Hall–Kier alpha value is -4.26. The number of hydrogen-bond acceptors (Lipinski definition) is 4. The summed E-state index contributed by atoms with van der Waals surface area (Å²) >= 11 is 0. The molecule has 0 fully saturated rings. The van der Waals surface area contributed by atoms with Gasteiger partial charge in [-0.3, -0.25) is 14.4 Å². The first kappa shape index (κ1) is 22.0. The van der Waals surface area contributed by atoms with Crippen LogP contribution in [0.25, 0.3) is 5.57 Å². The summed E-state index contributed by atoms with van der Waals surface area (Å²) in [6.07, 6.45) is 0. The van der Waals surface area contributed by atoms with E-state index in [4.69, 9.17) is 0 Å². The molecule has 0 bridgehead atoms. The highest BCUT2D eigenvalue weighted by molar-refractivity contribution is 6.46. The topological polar surface area (TPSA) is 78.5 Å². The third-order valence-corrected chi connectivity index (χ3v) is 5.49. The molecule has 1 aliphatic rings. The maximum Gasteiger partial charge on any atom is 0.282 e. The Kier molecular flexibility index (Phi) is 5.79. The molecular weight excluding hydrogens is 421 g/mol. The van der Waals surface area contributed by atoms with Gasteiger partial charge in [-0.25, -0.2) is 9.29 Å². The van der Waals surface area contributed by atoms with Crippen LogP contribution >= 0.6 is 0 Å². The van der Waals surface area contributed by atoms with Crippen molar-refractivity contribution in [1.29, 1.82) is 0 Å². The first-order chi connectivity index (χ1) is 15.8. The summed E-state index contributed by atoms with van der Waals surface area (Å²) in [4.78, 5) is 39.5. The van der Waals surface area contributed by atoms with Crippen LogP contribution in [0, 0.1) is 19.7 Å². The molecule has 3 amide bonds. The van der Waals surface area contributed by atoms with Gasteiger partial charge in [-0.1, -0.05) is 30.3 Å². The van der Waals surface area contributed by atoms with Crippen molar-refractivity contribution in [2.75, 3.05) is 15.5 Å². The van der Waals surface area contributed by atoms with E-state index in [-0.39, 0.29) is 17.2 Å². The van der Waals surface area contributed by atoms with E-state index in [0.29, 0.717) is 22.6 Å². The van der Waals surface area contributed by atoms with E-state index < -0.39 is 17.6 Å². The lowest BCUT2D eigenvalue weighted by atomic mass is 10.0. The lowest BCUT2D eigenvalue weighted by Crippen LogP contribution is -2.33. The van der Waals surface area contributed by atoms with Crippen molar-refractivity contribution < 1.29 is 18.8 Å². The minimum absolute atomic E-state index is 0.0544. The van der Waals surface area contributed by atoms with Crippen LogP contribution < -0.4 is 15.5 Å². The molecule has 1 aliphatic heterocycles. The smallest absolute Gasteiger partial charge is 0.282 e. The Morgan fingerprint density at radius 1 is 0.879 bits per heavy atom. The Morgan fingerprint density at radius 3 is 2.24 bits per heavy atom. The molecule has 3 aromatic carbocycles. The van der Waals surface area contributed by atoms with Gasteiger partial charge in [-0.2, -0.15) is 0 Å². The van der Waals surface area contributed by atoms with E-state index in [1.165, 1.54) is 25.1 Å². The second kappa shape index (κ2) is 8.70. The Labute approximate surface area is 190 Å². The Bertz CT molecular complexity index is 1310. The van der Waals surface area contributed by atoms with E-state index >= 15 is 0 Å². The maximum atomic E-state index is 13.8. The molecule has 0 unspecified atom stereocenters. The van der Waals surface area contributed by atoms with E-state index in [0.717, 1.165) is 16.0 Å². The standard InChI is InChI=1S/C26H22FN3O3/c1-15-6-4-9-22(16(15)2)30-25(32)23(18-10-12-20(13-11-18)28-17(3)31)24(26(30)33)29-21-8-5-7-19(27)14-21/h4-14,29H,1-3H3,(H,28,31). The molecule has 33 heavy (non-hydrogen) atoms. The second-order valence-corrected chi connectivity index (χ2v) is 7.81. The van der Waals surface area contributed by atoms with Crippen LogP contribution in [0.5, 0.6) is 0 Å². The fourth-order valence-corrected chi connectivity index (χ4v) is 3.74. The number of benzene rings is 3. The van der Waals surface area contributed by atoms with E-state index in [1.807, 2.05) is 19.9 Å². The van der Waals surface area contributed by atoms with E-state index in [2.05, 4.69) is 10.6 Å². The van der Waals surface area contributed by atoms with Gasteiger partial charge in [0.25, 0.3) is 11.8 Å². The molecule has 0 radical (unpaired) electrons. The number of hydrogen-bond donors (Lipinski definition) is 2. The Morgan fingerprint density at radius 2 is 1.58 bits per heavy atom. The summed E-state index contributed by atoms with van der Waals surface area (Å²) in [5.74, 6) is -1.70. The van der Waals surface area contributed by atoms with Crippen LogP contribution in [0.1, 0.15) is 23.6 Å². The van der Waals surface area contributed by atoms with Crippen LogP contribution in [0.15, 0.2) is 72.4 Å². The van der Waals surface area contributed by atoms with Crippen molar-refractivity contribution in [3.05, 3.63) is 94.9 Å². The molecule has 0 atom stereocenters. The van der Waals surface area contributed by atoms with Crippen LogP contribution in [0.3, 0.4) is 0 Å². The minimum Gasteiger partial charge on any atom is -0.350 e. The maximum absolute atomic E-state index is 13.8. The summed E-state index contributed by atoms with van der Waals surface area (Å²) in [6, 6.07) is 17.7. The largest absolute Gasteiger partial charge is 0.350 e. The lowest BCUT2D eigenvalue weighted by molar-refractivity contribution is -0.120.